The van der Waals surface area contributed by atoms with Crippen LogP contribution < -0.4 is 10.1 Å². The molecule has 0 aliphatic heterocycles. The zero-order valence-electron chi connectivity index (χ0n) is 9.94. The molecular weight excluding hydrogens is 296 g/mol. The van der Waals surface area contributed by atoms with Crippen molar-refractivity contribution in [1.82, 2.24) is 5.32 Å². The van der Waals surface area contributed by atoms with E-state index in [-0.39, 0.29) is 5.91 Å². The van der Waals surface area contributed by atoms with Crippen molar-refractivity contribution in [3.05, 3.63) is 40.9 Å². The second-order valence-electron chi connectivity index (χ2n) is 3.60. The zero-order chi connectivity index (χ0) is 13.5. The van der Waals surface area contributed by atoms with Gasteiger partial charge < -0.3 is 10.1 Å². The van der Waals surface area contributed by atoms with E-state index in [2.05, 4.69) is 27.8 Å². The average molecular weight is 309 g/mol. The topological polar surface area (TPSA) is 62.1 Å². The summed E-state index contributed by atoms with van der Waals surface area (Å²) in [6, 6.07) is 8.80. The van der Waals surface area contributed by atoms with Crippen LogP contribution in [0.5, 0.6) is 5.75 Å². The maximum Gasteiger partial charge on any atom is 0.261 e. The summed E-state index contributed by atoms with van der Waals surface area (Å²) < 4.78 is 6.13. The number of carbonyl (C=O) groups excluding carboxylic acids is 1. The summed E-state index contributed by atoms with van der Waals surface area (Å²) >= 11 is 3.15. The molecule has 0 fully saturated rings. The summed E-state index contributed by atoms with van der Waals surface area (Å²) in [7, 11) is 0. The lowest BCUT2D eigenvalue weighted by Gasteiger charge is -2.15. The lowest BCUT2D eigenvalue weighted by Crippen LogP contribution is -2.36. The van der Waals surface area contributed by atoms with Crippen LogP contribution in [-0.2, 0) is 4.79 Å². The zero-order valence-corrected chi connectivity index (χ0v) is 11.5. The molecule has 0 spiro atoms. The van der Waals surface area contributed by atoms with Gasteiger partial charge in [0.1, 0.15) is 11.8 Å². The van der Waals surface area contributed by atoms with E-state index in [0.29, 0.717) is 22.3 Å². The van der Waals surface area contributed by atoms with Crippen molar-refractivity contribution in [1.29, 1.82) is 5.26 Å². The summed E-state index contributed by atoms with van der Waals surface area (Å²) in [5, 5.41) is 11.5. The minimum atomic E-state index is -0.675. The van der Waals surface area contributed by atoms with Crippen LogP contribution >= 0.6 is 15.9 Å². The lowest BCUT2D eigenvalue weighted by molar-refractivity contribution is -0.127. The van der Waals surface area contributed by atoms with Gasteiger partial charge in [-0.05, 0) is 19.1 Å². The number of para-hydroxylation sites is 1. The van der Waals surface area contributed by atoms with E-state index in [0.717, 1.165) is 0 Å². The number of nitrogens with zero attached hydrogens (tertiary/aromatic N) is 1. The van der Waals surface area contributed by atoms with E-state index in [1.54, 1.807) is 31.2 Å². The third-order valence-electron chi connectivity index (χ3n) is 2.13. The smallest absolute Gasteiger partial charge is 0.261 e. The number of ether oxygens (including phenoxy) is 1. The Morgan fingerprint density at radius 2 is 2.28 bits per heavy atom. The second-order valence-corrected chi connectivity index (χ2v) is 4.72. The maximum atomic E-state index is 11.7. The molecule has 1 aromatic rings. The molecule has 1 atom stereocenters. The average Bonchev–Trinajstić information content (AvgIpc) is 2.36. The van der Waals surface area contributed by atoms with Crippen molar-refractivity contribution in [2.75, 3.05) is 6.54 Å². The van der Waals surface area contributed by atoms with Crippen LogP contribution in [0.3, 0.4) is 0 Å². The van der Waals surface area contributed by atoms with Crippen LogP contribution in [0.15, 0.2) is 35.3 Å². The number of benzene rings is 1. The molecule has 0 saturated heterocycles. The minimum absolute atomic E-state index is 0.261. The van der Waals surface area contributed by atoms with Gasteiger partial charge in [0.15, 0.2) is 6.10 Å². The van der Waals surface area contributed by atoms with Crippen molar-refractivity contribution in [2.24, 2.45) is 0 Å². The SMILES string of the molecule is C=C(Br)CNC(=O)[C@@H](C)Oc1ccccc1C#N. The fourth-order valence-corrected chi connectivity index (χ4v) is 1.37. The first-order valence-corrected chi connectivity index (χ1v) is 6.10. The number of amides is 1. The summed E-state index contributed by atoms with van der Waals surface area (Å²) in [6.07, 6.45) is -0.675. The predicted octanol–water partition coefficient (Wildman–Crippen LogP) is 2.35. The Morgan fingerprint density at radius 1 is 1.61 bits per heavy atom. The summed E-state index contributed by atoms with van der Waals surface area (Å²) in [5.41, 5.74) is 0.405. The second kappa shape index (κ2) is 6.82. The van der Waals surface area contributed by atoms with Crippen molar-refractivity contribution in [3.63, 3.8) is 0 Å². The molecule has 0 heterocycles. The highest BCUT2D eigenvalue weighted by atomic mass is 79.9. The first-order valence-electron chi connectivity index (χ1n) is 5.31. The summed E-state index contributed by atoms with van der Waals surface area (Å²) in [4.78, 5) is 11.7. The van der Waals surface area contributed by atoms with Crippen LogP contribution in [0.4, 0.5) is 0 Å². The highest BCUT2D eigenvalue weighted by molar-refractivity contribution is 9.11. The van der Waals surface area contributed by atoms with E-state index in [4.69, 9.17) is 10.00 Å². The number of hydrogen-bond acceptors (Lipinski definition) is 3. The van der Waals surface area contributed by atoms with E-state index < -0.39 is 6.10 Å². The molecule has 0 radical (unpaired) electrons. The number of halogens is 1. The van der Waals surface area contributed by atoms with Gasteiger partial charge in [0.25, 0.3) is 5.91 Å². The van der Waals surface area contributed by atoms with Gasteiger partial charge in [-0.2, -0.15) is 5.26 Å². The number of carbonyl (C=O) groups is 1. The van der Waals surface area contributed by atoms with Gasteiger partial charge in [0.2, 0.25) is 0 Å². The quantitative estimate of drug-likeness (QED) is 0.908. The molecule has 0 bridgehead atoms. The van der Waals surface area contributed by atoms with Crippen LogP contribution in [0.2, 0.25) is 0 Å². The van der Waals surface area contributed by atoms with E-state index in [1.165, 1.54) is 0 Å². The predicted molar refractivity (Wildman–Crippen MR) is 72.3 cm³/mol. The normalized spacial score (nSPS) is 11.2. The summed E-state index contributed by atoms with van der Waals surface area (Å²) in [6.45, 7) is 5.58. The van der Waals surface area contributed by atoms with Gasteiger partial charge in [-0.3, -0.25) is 4.79 Å². The van der Waals surface area contributed by atoms with Gasteiger partial charge >= 0.3 is 0 Å². The van der Waals surface area contributed by atoms with E-state index in [1.807, 2.05) is 6.07 Å². The largest absolute Gasteiger partial charge is 0.480 e. The molecular formula is C13H13BrN2O2. The van der Waals surface area contributed by atoms with Gasteiger partial charge in [-0.25, -0.2) is 0 Å². The Bertz CT molecular complexity index is 494. The van der Waals surface area contributed by atoms with Crippen molar-refractivity contribution < 1.29 is 9.53 Å². The Balaban J connectivity index is 2.64. The van der Waals surface area contributed by atoms with Crippen molar-refractivity contribution in [2.45, 2.75) is 13.0 Å². The molecule has 0 unspecified atom stereocenters. The van der Waals surface area contributed by atoms with Crippen LogP contribution in [0.25, 0.3) is 0 Å². The first kappa shape index (κ1) is 14.3. The van der Waals surface area contributed by atoms with Crippen LogP contribution in [0, 0.1) is 11.3 Å². The first-order chi connectivity index (χ1) is 8.54. The molecule has 18 heavy (non-hydrogen) atoms. The molecule has 1 amide bonds. The minimum Gasteiger partial charge on any atom is -0.480 e. The van der Waals surface area contributed by atoms with Gasteiger partial charge in [-0.15, -0.1) is 0 Å². The van der Waals surface area contributed by atoms with E-state index in [9.17, 15) is 4.79 Å². The van der Waals surface area contributed by atoms with Crippen molar-refractivity contribution in [3.8, 4) is 11.8 Å². The molecule has 4 nitrogen and oxygen atoms in total. The molecule has 0 aliphatic carbocycles. The highest BCUT2D eigenvalue weighted by Gasteiger charge is 2.15. The lowest BCUT2D eigenvalue weighted by atomic mass is 10.2. The van der Waals surface area contributed by atoms with Gasteiger partial charge in [0, 0.05) is 11.0 Å². The maximum absolute atomic E-state index is 11.7. The van der Waals surface area contributed by atoms with Crippen molar-refractivity contribution >= 4 is 21.8 Å². The number of rotatable bonds is 5. The molecule has 1 N–H and O–H groups in total. The van der Waals surface area contributed by atoms with Gasteiger partial charge in [-0.1, -0.05) is 34.6 Å². The third kappa shape index (κ3) is 4.22. The molecule has 1 aromatic carbocycles. The van der Waals surface area contributed by atoms with E-state index >= 15 is 0 Å². The highest BCUT2D eigenvalue weighted by Crippen LogP contribution is 2.18. The standard InChI is InChI=1S/C13H13BrN2O2/c1-9(14)8-16-13(17)10(2)18-12-6-4-3-5-11(12)7-15/h3-6,10H,1,8H2,2H3,(H,16,17)/t10-/m1/s1. The monoisotopic (exact) mass is 308 g/mol. The molecule has 94 valence electrons. The van der Waals surface area contributed by atoms with Crippen LogP contribution in [-0.4, -0.2) is 18.6 Å². The Morgan fingerprint density at radius 3 is 2.89 bits per heavy atom. The number of nitriles is 1. The van der Waals surface area contributed by atoms with Gasteiger partial charge in [0.05, 0.1) is 5.56 Å². The molecule has 5 heteroatoms. The fourth-order valence-electron chi connectivity index (χ4n) is 1.23. The number of nitrogens with one attached hydrogen (secondary N) is 1. The summed E-state index contributed by atoms with van der Waals surface area (Å²) in [5.74, 6) is 0.142. The fraction of sp³-hybridized carbons (Fsp3) is 0.231. The molecule has 0 aliphatic rings. The third-order valence-corrected chi connectivity index (χ3v) is 2.42. The molecule has 0 aromatic heterocycles. The Kier molecular flexibility index (Phi) is 5.40. The Labute approximate surface area is 114 Å². The Hall–Kier alpha value is -1.80. The molecule has 0 saturated carbocycles. The number of hydrogen-bond donors (Lipinski definition) is 1. The molecule has 1 rings (SSSR count). The van der Waals surface area contributed by atoms with Crippen LogP contribution in [0.1, 0.15) is 12.5 Å².